The molecular formula is C13H23N3O2S2. The van der Waals surface area contributed by atoms with Crippen LogP contribution in [0.4, 0.5) is 5.82 Å². The first kappa shape index (κ1) is 17.3. The predicted molar refractivity (Wildman–Crippen MR) is 85.8 cm³/mol. The Labute approximate surface area is 126 Å². The molecule has 1 N–H and O–H groups in total. The van der Waals surface area contributed by atoms with Crippen LogP contribution in [0.5, 0.6) is 0 Å². The van der Waals surface area contributed by atoms with E-state index >= 15 is 0 Å². The highest BCUT2D eigenvalue weighted by Crippen LogP contribution is 2.14. The topological polar surface area (TPSA) is 62.3 Å². The van der Waals surface area contributed by atoms with Gasteiger partial charge in [-0.2, -0.15) is 11.8 Å². The molecule has 0 atom stereocenters. The lowest BCUT2D eigenvalue weighted by Crippen LogP contribution is -2.22. The van der Waals surface area contributed by atoms with Gasteiger partial charge in [0.1, 0.15) is 10.7 Å². The van der Waals surface area contributed by atoms with Crippen LogP contribution >= 0.6 is 11.8 Å². The van der Waals surface area contributed by atoms with Crippen LogP contribution in [0.2, 0.25) is 0 Å². The van der Waals surface area contributed by atoms with Crippen molar-refractivity contribution < 1.29 is 8.42 Å². The molecule has 0 amide bonds. The second-order valence-corrected chi connectivity index (χ2v) is 7.78. The van der Waals surface area contributed by atoms with Crippen molar-refractivity contribution in [2.45, 2.75) is 24.2 Å². The molecule has 0 saturated heterocycles. The Morgan fingerprint density at radius 3 is 2.55 bits per heavy atom. The van der Waals surface area contributed by atoms with E-state index in [-0.39, 0.29) is 4.90 Å². The van der Waals surface area contributed by atoms with Crippen molar-refractivity contribution in [2.75, 3.05) is 38.0 Å². The van der Waals surface area contributed by atoms with Crippen LogP contribution in [-0.4, -0.2) is 50.4 Å². The largest absolute Gasteiger partial charge is 0.370 e. The zero-order valence-corrected chi connectivity index (χ0v) is 13.9. The fraction of sp³-hybridized carbons (Fsp3) is 0.615. The Morgan fingerprint density at radius 2 is 2.00 bits per heavy atom. The number of hydrogen-bond donors (Lipinski definition) is 1. The number of thioether (sulfide) groups is 1. The summed E-state index contributed by atoms with van der Waals surface area (Å²) >= 11 is 1.87. The second-order valence-electron chi connectivity index (χ2n) is 4.65. The Kier molecular flexibility index (Phi) is 7.32. The summed E-state index contributed by atoms with van der Waals surface area (Å²) in [5.74, 6) is 1.92. The molecule has 0 spiro atoms. The molecule has 7 heteroatoms. The van der Waals surface area contributed by atoms with Crippen molar-refractivity contribution >= 4 is 27.6 Å². The Balaban J connectivity index is 2.44. The third-order valence-corrected chi connectivity index (χ3v) is 5.34. The number of unbranched alkanes of at least 4 members (excludes halogenated alkanes) is 2. The molecule has 0 aliphatic rings. The van der Waals surface area contributed by atoms with Gasteiger partial charge in [0, 0.05) is 26.8 Å². The highest BCUT2D eigenvalue weighted by atomic mass is 32.2. The molecule has 1 heterocycles. The van der Waals surface area contributed by atoms with Crippen LogP contribution in [-0.2, 0) is 10.0 Å². The highest BCUT2D eigenvalue weighted by molar-refractivity contribution is 7.98. The lowest BCUT2D eigenvalue weighted by atomic mass is 10.2. The van der Waals surface area contributed by atoms with Crippen molar-refractivity contribution in [3.8, 4) is 0 Å². The fourth-order valence-electron chi connectivity index (χ4n) is 1.61. The molecular weight excluding hydrogens is 294 g/mol. The number of hydrogen-bond acceptors (Lipinski definition) is 5. The summed E-state index contributed by atoms with van der Waals surface area (Å²) in [5.41, 5.74) is 0. The van der Waals surface area contributed by atoms with Crippen molar-refractivity contribution in [3.63, 3.8) is 0 Å². The van der Waals surface area contributed by atoms with Crippen LogP contribution in [0, 0.1) is 0 Å². The van der Waals surface area contributed by atoms with Crippen LogP contribution in [0.25, 0.3) is 0 Å². The van der Waals surface area contributed by atoms with E-state index in [0.717, 1.165) is 13.0 Å². The highest BCUT2D eigenvalue weighted by Gasteiger charge is 2.17. The number of rotatable bonds is 9. The predicted octanol–water partition coefficient (Wildman–Crippen LogP) is 2.28. The molecule has 0 aliphatic carbocycles. The summed E-state index contributed by atoms with van der Waals surface area (Å²) in [6.45, 7) is 0.862. The van der Waals surface area contributed by atoms with E-state index in [0.29, 0.717) is 5.82 Å². The number of pyridine rings is 1. The van der Waals surface area contributed by atoms with E-state index in [1.54, 1.807) is 12.1 Å². The summed E-state index contributed by atoms with van der Waals surface area (Å²) < 4.78 is 24.9. The molecule has 0 radical (unpaired) electrons. The molecule has 0 aromatic carbocycles. The SMILES string of the molecule is CSCCCCCNc1ccc(S(=O)(=O)N(C)C)cn1. The normalized spacial score (nSPS) is 11.8. The summed E-state index contributed by atoms with van der Waals surface area (Å²) in [6, 6.07) is 3.29. The van der Waals surface area contributed by atoms with Crippen molar-refractivity contribution in [3.05, 3.63) is 18.3 Å². The maximum absolute atomic E-state index is 11.9. The van der Waals surface area contributed by atoms with E-state index in [2.05, 4.69) is 16.6 Å². The minimum absolute atomic E-state index is 0.216. The van der Waals surface area contributed by atoms with Gasteiger partial charge in [-0.25, -0.2) is 17.7 Å². The monoisotopic (exact) mass is 317 g/mol. The van der Waals surface area contributed by atoms with E-state index in [1.165, 1.54) is 43.2 Å². The molecule has 0 bridgehead atoms. The lowest BCUT2D eigenvalue weighted by molar-refractivity contribution is 0.520. The first-order valence-electron chi connectivity index (χ1n) is 6.60. The van der Waals surface area contributed by atoms with E-state index in [9.17, 15) is 8.42 Å². The molecule has 114 valence electrons. The average Bonchev–Trinajstić information content (AvgIpc) is 2.43. The summed E-state index contributed by atoms with van der Waals surface area (Å²) in [4.78, 5) is 4.36. The molecule has 5 nitrogen and oxygen atoms in total. The molecule has 1 rings (SSSR count). The Bertz CT molecular complexity index is 487. The minimum Gasteiger partial charge on any atom is -0.370 e. The van der Waals surface area contributed by atoms with Crippen LogP contribution in [0.15, 0.2) is 23.2 Å². The number of anilines is 1. The Morgan fingerprint density at radius 1 is 1.25 bits per heavy atom. The zero-order valence-electron chi connectivity index (χ0n) is 12.3. The number of sulfonamides is 1. The van der Waals surface area contributed by atoms with E-state index < -0.39 is 10.0 Å². The molecule has 0 fully saturated rings. The fourth-order valence-corrected chi connectivity index (χ4v) is 2.95. The molecule has 20 heavy (non-hydrogen) atoms. The average molecular weight is 317 g/mol. The van der Waals surface area contributed by atoms with Gasteiger partial charge in [-0.3, -0.25) is 0 Å². The van der Waals surface area contributed by atoms with E-state index in [4.69, 9.17) is 0 Å². The summed E-state index contributed by atoms with van der Waals surface area (Å²) in [7, 11) is -0.368. The minimum atomic E-state index is -3.39. The van der Waals surface area contributed by atoms with Gasteiger partial charge in [0.2, 0.25) is 10.0 Å². The summed E-state index contributed by atoms with van der Waals surface area (Å²) in [5, 5.41) is 3.20. The van der Waals surface area contributed by atoms with Crippen molar-refractivity contribution in [1.29, 1.82) is 0 Å². The van der Waals surface area contributed by atoms with Crippen LogP contribution in [0.1, 0.15) is 19.3 Å². The maximum Gasteiger partial charge on any atom is 0.244 e. The number of nitrogens with one attached hydrogen (secondary N) is 1. The van der Waals surface area contributed by atoms with Gasteiger partial charge in [-0.15, -0.1) is 0 Å². The van der Waals surface area contributed by atoms with Crippen LogP contribution in [0.3, 0.4) is 0 Å². The quantitative estimate of drug-likeness (QED) is 0.708. The second kappa shape index (κ2) is 8.49. The van der Waals surface area contributed by atoms with Gasteiger partial charge in [0.05, 0.1) is 0 Å². The van der Waals surface area contributed by atoms with Gasteiger partial charge in [-0.1, -0.05) is 6.42 Å². The van der Waals surface area contributed by atoms with Crippen molar-refractivity contribution in [1.82, 2.24) is 9.29 Å². The maximum atomic E-state index is 11.9. The molecule has 1 aromatic rings. The summed E-state index contributed by atoms with van der Waals surface area (Å²) in [6.07, 6.45) is 7.04. The van der Waals surface area contributed by atoms with Gasteiger partial charge in [0.25, 0.3) is 0 Å². The number of nitrogens with zero attached hydrogens (tertiary/aromatic N) is 2. The first-order chi connectivity index (χ1) is 9.48. The Hall–Kier alpha value is -0.790. The molecule has 0 unspecified atom stereocenters. The smallest absolute Gasteiger partial charge is 0.244 e. The molecule has 1 aromatic heterocycles. The van der Waals surface area contributed by atoms with Gasteiger partial charge < -0.3 is 5.32 Å². The lowest BCUT2D eigenvalue weighted by Gasteiger charge is -2.11. The third-order valence-electron chi connectivity index (χ3n) is 2.85. The van der Waals surface area contributed by atoms with Crippen LogP contribution < -0.4 is 5.32 Å². The molecule has 0 saturated carbocycles. The number of aromatic nitrogens is 1. The standard InChI is InChI=1S/C13H23N3O2S2/c1-16(2)20(17,18)12-7-8-13(15-11-12)14-9-5-4-6-10-19-3/h7-8,11H,4-6,9-10H2,1-3H3,(H,14,15). The molecule has 0 aliphatic heterocycles. The van der Waals surface area contributed by atoms with Gasteiger partial charge in [0.15, 0.2) is 0 Å². The third kappa shape index (κ3) is 5.30. The van der Waals surface area contributed by atoms with Gasteiger partial charge >= 0.3 is 0 Å². The first-order valence-corrected chi connectivity index (χ1v) is 9.43. The van der Waals surface area contributed by atoms with Crippen molar-refractivity contribution in [2.24, 2.45) is 0 Å². The van der Waals surface area contributed by atoms with E-state index in [1.807, 2.05) is 11.8 Å². The zero-order chi connectivity index (χ0) is 15.0. The van der Waals surface area contributed by atoms with Gasteiger partial charge in [-0.05, 0) is 37.0 Å².